The molecule has 0 bridgehead atoms. The number of rotatable bonds is 4. The average molecular weight is 257 g/mol. The molecule has 6 heteroatoms. The fourth-order valence-electron chi connectivity index (χ4n) is 1.48. The molecule has 1 heterocycles. The van der Waals surface area contributed by atoms with Crippen LogP contribution in [-0.2, 0) is 6.54 Å². The van der Waals surface area contributed by atoms with Crippen LogP contribution in [0.4, 0.5) is 16.2 Å². The highest BCUT2D eigenvalue weighted by Gasteiger charge is 1.99. The lowest BCUT2D eigenvalue weighted by molar-refractivity contribution is 0.254. The van der Waals surface area contributed by atoms with Crippen LogP contribution in [0, 0.1) is 0 Å². The summed E-state index contributed by atoms with van der Waals surface area (Å²) in [6.07, 6.45) is 3.23. The molecule has 0 aliphatic rings. The van der Waals surface area contributed by atoms with E-state index < -0.39 is 0 Å². The van der Waals surface area contributed by atoms with Crippen molar-refractivity contribution in [1.82, 2.24) is 15.3 Å². The maximum atomic E-state index is 11.1. The number of anilines is 2. The number of benzene rings is 1. The van der Waals surface area contributed by atoms with E-state index in [1.807, 2.05) is 30.3 Å². The minimum absolute atomic E-state index is 0.235. The van der Waals surface area contributed by atoms with Crippen LogP contribution in [0.5, 0.6) is 0 Å². The number of hydrogen-bond donors (Lipinski definition) is 3. The van der Waals surface area contributed by atoms with Gasteiger partial charge in [0.15, 0.2) is 0 Å². The quantitative estimate of drug-likeness (QED) is 0.781. The molecule has 2 rings (SSSR count). The van der Waals surface area contributed by atoms with E-state index in [0.717, 1.165) is 17.1 Å². The molecule has 0 unspecified atom stereocenters. The zero-order valence-electron chi connectivity index (χ0n) is 10.6. The second-order valence-electron chi connectivity index (χ2n) is 3.84. The maximum absolute atomic E-state index is 11.1. The Morgan fingerprint density at radius 2 is 1.89 bits per heavy atom. The summed E-state index contributed by atoms with van der Waals surface area (Å²) in [7, 11) is 1.58. The van der Waals surface area contributed by atoms with E-state index in [9.17, 15) is 4.79 Å². The number of nitrogens with zero attached hydrogens (tertiary/aromatic N) is 2. The topological polar surface area (TPSA) is 78.9 Å². The summed E-state index contributed by atoms with van der Waals surface area (Å²) < 4.78 is 0. The van der Waals surface area contributed by atoms with E-state index in [0.29, 0.717) is 6.54 Å². The average Bonchev–Trinajstić information content (AvgIpc) is 2.47. The molecule has 0 aliphatic carbocycles. The summed E-state index contributed by atoms with van der Waals surface area (Å²) in [6, 6.07) is 9.07. The zero-order chi connectivity index (χ0) is 13.5. The van der Waals surface area contributed by atoms with Crippen molar-refractivity contribution in [2.24, 2.45) is 0 Å². The van der Waals surface area contributed by atoms with Crippen LogP contribution in [0.15, 0.2) is 42.9 Å². The zero-order valence-corrected chi connectivity index (χ0v) is 10.6. The highest BCUT2D eigenvalue weighted by atomic mass is 16.2. The summed E-state index contributed by atoms with van der Waals surface area (Å²) in [6.45, 7) is 0.630. The first-order chi connectivity index (χ1) is 9.28. The standard InChI is InChI=1S/C13H15N5O/c1-14-13(19)18-11-4-2-10(3-5-11)16-8-12-6-7-15-9-17-12/h2-7,9,16H,8H2,1H3,(H2,14,18,19). The highest BCUT2D eigenvalue weighted by molar-refractivity contribution is 5.89. The van der Waals surface area contributed by atoms with Crippen LogP contribution >= 0.6 is 0 Å². The number of amides is 2. The lowest BCUT2D eigenvalue weighted by Crippen LogP contribution is -2.24. The van der Waals surface area contributed by atoms with Crippen molar-refractivity contribution in [2.45, 2.75) is 6.54 Å². The summed E-state index contributed by atoms with van der Waals surface area (Å²) in [5, 5.41) is 8.43. The molecule has 0 saturated carbocycles. The van der Waals surface area contributed by atoms with Crippen molar-refractivity contribution in [2.75, 3.05) is 17.7 Å². The van der Waals surface area contributed by atoms with Crippen LogP contribution in [0.3, 0.4) is 0 Å². The first-order valence-corrected chi connectivity index (χ1v) is 5.85. The molecule has 0 fully saturated rings. The van der Waals surface area contributed by atoms with E-state index in [1.165, 1.54) is 6.33 Å². The van der Waals surface area contributed by atoms with E-state index in [2.05, 4.69) is 25.9 Å². The third-order valence-electron chi connectivity index (χ3n) is 2.49. The summed E-state index contributed by atoms with van der Waals surface area (Å²) in [5.41, 5.74) is 2.62. The van der Waals surface area contributed by atoms with Gasteiger partial charge in [0.05, 0.1) is 12.2 Å². The largest absolute Gasteiger partial charge is 0.379 e. The van der Waals surface area contributed by atoms with Crippen molar-refractivity contribution in [3.8, 4) is 0 Å². The Morgan fingerprint density at radius 3 is 2.53 bits per heavy atom. The van der Waals surface area contributed by atoms with Gasteiger partial charge in [0.2, 0.25) is 0 Å². The lowest BCUT2D eigenvalue weighted by atomic mass is 10.2. The molecule has 98 valence electrons. The molecule has 2 amide bonds. The molecule has 1 aromatic heterocycles. The van der Waals surface area contributed by atoms with Crippen molar-refractivity contribution in [3.63, 3.8) is 0 Å². The van der Waals surface area contributed by atoms with E-state index in [4.69, 9.17) is 0 Å². The maximum Gasteiger partial charge on any atom is 0.318 e. The van der Waals surface area contributed by atoms with Gasteiger partial charge in [-0.25, -0.2) is 14.8 Å². The summed E-state index contributed by atoms with van der Waals surface area (Å²) in [4.78, 5) is 19.1. The Morgan fingerprint density at radius 1 is 1.16 bits per heavy atom. The normalized spacial score (nSPS) is 9.74. The van der Waals surface area contributed by atoms with Gasteiger partial charge in [-0.2, -0.15) is 0 Å². The lowest BCUT2D eigenvalue weighted by Gasteiger charge is -2.08. The van der Waals surface area contributed by atoms with Gasteiger partial charge in [0.1, 0.15) is 6.33 Å². The molecule has 0 radical (unpaired) electrons. The molecule has 2 aromatic rings. The minimum Gasteiger partial charge on any atom is -0.379 e. The third kappa shape index (κ3) is 3.95. The Bertz CT molecular complexity index is 526. The first-order valence-electron chi connectivity index (χ1n) is 5.85. The Kier molecular flexibility index (Phi) is 4.28. The Hall–Kier alpha value is -2.63. The van der Waals surface area contributed by atoms with Gasteiger partial charge in [0, 0.05) is 24.6 Å². The SMILES string of the molecule is CNC(=O)Nc1ccc(NCc2ccncn2)cc1. The van der Waals surface area contributed by atoms with Crippen LogP contribution in [0.25, 0.3) is 0 Å². The number of carbonyl (C=O) groups is 1. The van der Waals surface area contributed by atoms with Gasteiger partial charge in [-0.3, -0.25) is 0 Å². The number of nitrogens with one attached hydrogen (secondary N) is 3. The van der Waals surface area contributed by atoms with Crippen LogP contribution in [-0.4, -0.2) is 23.0 Å². The van der Waals surface area contributed by atoms with Crippen molar-refractivity contribution >= 4 is 17.4 Å². The van der Waals surface area contributed by atoms with E-state index in [1.54, 1.807) is 13.2 Å². The fraction of sp³-hybridized carbons (Fsp3) is 0.154. The number of carbonyl (C=O) groups excluding carboxylic acids is 1. The Balaban J connectivity index is 1.90. The van der Waals surface area contributed by atoms with Crippen LogP contribution in [0.1, 0.15) is 5.69 Å². The molecule has 0 aliphatic heterocycles. The molecule has 0 spiro atoms. The molecule has 6 nitrogen and oxygen atoms in total. The van der Waals surface area contributed by atoms with E-state index in [-0.39, 0.29) is 6.03 Å². The summed E-state index contributed by atoms with van der Waals surface area (Å²) in [5.74, 6) is 0. The van der Waals surface area contributed by atoms with Crippen LogP contribution in [0.2, 0.25) is 0 Å². The van der Waals surface area contributed by atoms with Crippen molar-refractivity contribution < 1.29 is 4.79 Å². The van der Waals surface area contributed by atoms with Gasteiger partial charge in [-0.05, 0) is 30.3 Å². The Labute approximate surface area is 111 Å². The predicted molar refractivity (Wildman–Crippen MR) is 73.9 cm³/mol. The monoisotopic (exact) mass is 257 g/mol. The number of hydrogen-bond acceptors (Lipinski definition) is 4. The number of urea groups is 1. The van der Waals surface area contributed by atoms with Gasteiger partial charge in [-0.1, -0.05) is 0 Å². The first kappa shape index (κ1) is 12.8. The van der Waals surface area contributed by atoms with Gasteiger partial charge in [-0.15, -0.1) is 0 Å². The van der Waals surface area contributed by atoms with Crippen molar-refractivity contribution in [1.29, 1.82) is 0 Å². The van der Waals surface area contributed by atoms with E-state index >= 15 is 0 Å². The molecule has 1 aromatic carbocycles. The highest BCUT2D eigenvalue weighted by Crippen LogP contribution is 2.14. The fourth-order valence-corrected chi connectivity index (χ4v) is 1.48. The smallest absolute Gasteiger partial charge is 0.318 e. The third-order valence-corrected chi connectivity index (χ3v) is 2.49. The second-order valence-corrected chi connectivity index (χ2v) is 3.84. The molecule has 19 heavy (non-hydrogen) atoms. The number of aromatic nitrogens is 2. The molecule has 3 N–H and O–H groups in total. The molecular formula is C13H15N5O. The van der Waals surface area contributed by atoms with Gasteiger partial charge >= 0.3 is 6.03 Å². The van der Waals surface area contributed by atoms with Gasteiger partial charge < -0.3 is 16.0 Å². The minimum atomic E-state index is -0.235. The van der Waals surface area contributed by atoms with Crippen molar-refractivity contribution in [3.05, 3.63) is 48.5 Å². The molecule has 0 saturated heterocycles. The molecular weight excluding hydrogens is 242 g/mol. The molecule has 0 atom stereocenters. The van der Waals surface area contributed by atoms with Crippen LogP contribution < -0.4 is 16.0 Å². The predicted octanol–water partition coefficient (Wildman–Crippen LogP) is 1.84. The van der Waals surface area contributed by atoms with Gasteiger partial charge in [0.25, 0.3) is 0 Å². The second kappa shape index (κ2) is 6.34. The summed E-state index contributed by atoms with van der Waals surface area (Å²) >= 11 is 0.